The summed E-state index contributed by atoms with van der Waals surface area (Å²) < 4.78 is 5.41. The molecular formula is C21H23N3O. The van der Waals surface area contributed by atoms with E-state index in [2.05, 4.69) is 51.5 Å². The molecule has 25 heavy (non-hydrogen) atoms. The Morgan fingerprint density at radius 3 is 2.80 bits per heavy atom. The summed E-state index contributed by atoms with van der Waals surface area (Å²) in [6, 6.07) is 10.5. The summed E-state index contributed by atoms with van der Waals surface area (Å²) in [4.78, 5) is 2.48. The number of fused-ring (bicyclic) bond motifs is 1. The van der Waals surface area contributed by atoms with E-state index in [0.29, 0.717) is 0 Å². The van der Waals surface area contributed by atoms with Gasteiger partial charge < -0.3 is 4.74 Å². The first kappa shape index (κ1) is 16.0. The van der Waals surface area contributed by atoms with Crippen LogP contribution in [0.3, 0.4) is 0 Å². The van der Waals surface area contributed by atoms with Gasteiger partial charge in [-0.1, -0.05) is 23.8 Å². The van der Waals surface area contributed by atoms with Gasteiger partial charge in [0.25, 0.3) is 0 Å². The van der Waals surface area contributed by atoms with Gasteiger partial charge in [-0.05, 0) is 53.8 Å². The van der Waals surface area contributed by atoms with Gasteiger partial charge in [-0.15, -0.1) is 0 Å². The third-order valence-electron chi connectivity index (χ3n) is 5.08. The van der Waals surface area contributed by atoms with Crippen LogP contribution in [-0.4, -0.2) is 41.8 Å². The largest absolute Gasteiger partial charge is 0.497 e. The fourth-order valence-electron chi connectivity index (χ4n) is 3.73. The van der Waals surface area contributed by atoms with E-state index < -0.39 is 0 Å². The molecule has 1 aliphatic heterocycles. The van der Waals surface area contributed by atoms with Crippen molar-refractivity contribution >= 4 is 5.57 Å². The lowest BCUT2D eigenvalue weighted by atomic mass is 9.99. The Hall–Kier alpha value is -2.46. The third kappa shape index (κ3) is 3.49. The minimum atomic E-state index is 0.848. The fraction of sp³-hybridized carbons (Fsp3) is 0.333. The number of nitrogens with zero attached hydrogens (tertiary/aromatic N) is 3. The molecule has 1 aromatic carbocycles. The van der Waals surface area contributed by atoms with E-state index in [-0.39, 0.29) is 0 Å². The number of aromatic nitrogens is 2. The van der Waals surface area contributed by atoms with Crippen LogP contribution in [0, 0.1) is 0 Å². The minimum Gasteiger partial charge on any atom is -0.497 e. The first-order valence-corrected chi connectivity index (χ1v) is 8.85. The van der Waals surface area contributed by atoms with E-state index in [9.17, 15) is 0 Å². The van der Waals surface area contributed by atoms with Gasteiger partial charge in [0.05, 0.1) is 12.8 Å². The van der Waals surface area contributed by atoms with Gasteiger partial charge in [-0.3, -0.25) is 4.90 Å². The Balaban J connectivity index is 1.60. The summed E-state index contributed by atoms with van der Waals surface area (Å²) in [5, 5.41) is 8.33. The predicted molar refractivity (Wildman–Crippen MR) is 99.6 cm³/mol. The summed E-state index contributed by atoms with van der Waals surface area (Å²) >= 11 is 0. The van der Waals surface area contributed by atoms with Crippen LogP contribution in [0.1, 0.15) is 23.2 Å². The van der Waals surface area contributed by atoms with Crippen LogP contribution in [-0.2, 0) is 12.8 Å². The van der Waals surface area contributed by atoms with Crippen LogP contribution in [0.4, 0.5) is 0 Å². The predicted octanol–water partition coefficient (Wildman–Crippen LogP) is 3.30. The number of ether oxygens (including phenoxy) is 1. The van der Waals surface area contributed by atoms with Crippen molar-refractivity contribution in [3.63, 3.8) is 0 Å². The highest BCUT2D eigenvalue weighted by Gasteiger charge is 2.23. The molecule has 4 heteroatoms. The highest BCUT2D eigenvalue weighted by Crippen LogP contribution is 2.38. The summed E-state index contributed by atoms with van der Waals surface area (Å²) in [6.45, 7) is 3.26. The quantitative estimate of drug-likeness (QED) is 0.760. The van der Waals surface area contributed by atoms with Crippen molar-refractivity contribution in [2.24, 2.45) is 0 Å². The molecule has 4 rings (SSSR count). The molecule has 1 aliphatic carbocycles. The summed E-state index contributed by atoms with van der Waals surface area (Å²) in [7, 11) is 1.73. The molecule has 0 spiro atoms. The monoisotopic (exact) mass is 333 g/mol. The molecule has 4 nitrogen and oxygen atoms in total. The first-order valence-electron chi connectivity index (χ1n) is 8.85. The number of methoxy groups -OCH3 is 1. The van der Waals surface area contributed by atoms with E-state index in [1.165, 1.54) is 22.3 Å². The van der Waals surface area contributed by atoms with E-state index in [1.54, 1.807) is 13.3 Å². The maximum absolute atomic E-state index is 5.41. The molecule has 128 valence electrons. The summed E-state index contributed by atoms with van der Waals surface area (Å²) in [6.07, 6.45) is 9.21. The average Bonchev–Trinajstić information content (AvgIpc) is 3.28. The van der Waals surface area contributed by atoms with Crippen molar-refractivity contribution in [1.82, 2.24) is 15.1 Å². The van der Waals surface area contributed by atoms with Crippen LogP contribution in [0.25, 0.3) is 5.57 Å². The molecule has 1 aromatic heterocycles. The lowest BCUT2D eigenvalue weighted by molar-refractivity contribution is 0.356. The summed E-state index contributed by atoms with van der Waals surface area (Å²) in [5.74, 6) is 0.933. The van der Waals surface area contributed by atoms with Crippen molar-refractivity contribution in [3.05, 3.63) is 71.1 Å². The smallest absolute Gasteiger partial charge is 0.119 e. The van der Waals surface area contributed by atoms with Crippen LogP contribution >= 0.6 is 0 Å². The van der Waals surface area contributed by atoms with E-state index >= 15 is 0 Å². The zero-order valence-electron chi connectivity index (χ0n) is 14.6. The maximum atomic E-state index is 5.41. The van der Waals surface area contributed by atoms with Crippen LogP contribution in [0.15, 0.2) is 54.3 Å². The van der Waals surface area contributed by atoms with E-state index in [1.807, 2.05) is 6.07 Å². The Morgan fingerprint density at radius 2 is 2.04 bits per heavy atom. The number of benzene rings is 1. The minimum absolute atomic E-state index is 0.848. The zero-order chi connectivity index (χ0) is 17.1. The number of hydrogen-bond donors (Lipinski definition) is 0. The number of rotatable bonds is 6. The molecule has 0 amide bonds. The molecule has 0 saturated heterocycles. The van der Waals surface area contributed by atoms with Gasteiger partial charge >= 0.3 is 0 Å². The molecule has 0 radical (unpaired) electrons. The van der Waals surface area contributed by atoms with Crippen LogP contribution in [0.2, 0.25) is 0 Å². The van der Waals surface area contributed by atoms with E-state index in [0.717, 1.165) is 50.3 Å². The fourth-order valence-corrected chi connectivity index (χ4v) is 3.73. The zero-order valence-corrected chi connectivity index (χ0v) is 14.6. The van der Waals surface area contributed by atoms with Gasteiger partial charge in [0.15, 0.2) is 0 Å². The van der Waals surface area contributed by atoms with Gasteiger partial charge in [-0.2, -0.15) is 10.2 Å². The Morgan fingerprint density at radius 1 is 1.16 bits per heavy atom. The SMILES string of the molecule is COc1ccc2c(c1)CC(CCN1CC=CC1)=C2Cc1cccnn1. The Bertz CT molecular complexity index is 803. The van der Waals surface area contributed by atoms with Gasteiger partial charge in [-0.25, -0.2) is 0 Å². The lowest BCUT2D eigenvalue weighted by Crippen LogP contribution is -2.21. The molecule has 2 aromatic rings. The second-order valence-corrected chi connectivity index (χ2v) is 6.65. The molecule has 0 fully saturated rings. The topological polar surface area (TPSA) is 38.2 Å². The van der Waals surface area contributed by atoms with Crippen LogP contribution < -0.4 is 4.74 Å². The van der Waals surface area contributed by atoms with Crippen molar-refractivity contribution in [3.8, 4) is 5.75 Å². The highest BCUT2D eigenvalue weighted by atomic mass is 16.5. The molecule has 0 bridgehead atoms. The van der Waals surface area contributed by atoms with Crippen LogP contribution in [0.5, 0.6) is 5.75 Å². The van der Waals surface area contributed by atoms with E-state index in [4.69, 9.17) is 4.74 Å². The van der Waals surface area contributed by atoms with Crippen molar-refractivity contribution in [2.45, 2.75) is 19.3 Å². The normalized spacial score (nSPS) is 16.5. The Kier molecular flexibility index (Phi) is 4.61. The molecule has 0 N–H and O–H groups in total. The lowest BCUT2D eigenvalue weighted by Gasteiger charge is -2.16. The molecule has 0 atom stereocenters. The van der Waals surface area contributed by atoms with Crippen molar-refractivity contribution in [1.29, 1.82) is 0 Å². The van der Waals surface area contributed by atoms with Gasteiger partial charge in [0.1, 0.15) is 5.75 Å². The molecule has 0 saturated carbocycles. The molecule has 2 aliphatic rings. The number of allylic oxidation sites excluding steroid dienone is 1. The molecule has 2 heterocycles. The second kappa shape index (κ2) is 7.19. The van der Waals surface area contributed by atoms with Crippen molar-refractivity contribution < 1.29 is 4.74 Å². The summed E-state index contributed by atoms with van der Waals surface area (Å²) in [5.41, 5.74) is 6.70. The second-order valence-electron chi connectivity index (χ2n) is 6.65. The Labute approximate surface area is 148 Å². The number of hydrogen-bond acceptors (Lipinski definition) is 4. The maximum Gasteiger partial charge on any atom is 0.119 e. The standard InChI is InChI=1S/C21H23N3O/c1-25-19-6-7-20-17(14-19)13-16(8-12-24-10-2-3-11-24)21(20)15-18-5-4-9-22-23-18/h2-7,9,14H,8,10-13,15H2,1H3. The molecule has 0 unspecified atom stereocenters. The van der Waals surface area contributed by atoms with Crippen molar-refractivity contribution in [2.75, 3.05) is 26.7 Å². The average molecular weight is 333 g/mol. The first-order chi connectivity index (χ1) is 12.3. The third-order valence-corrected chi connectivity index (χ3v) is 5.08. The molecular weight excluding hydrogens is 310 g/mol. The highest BCUT2D eigenvalue weighted by molar-refractivity contribution is 5.78. The van der Waals surface area contributed by atoms with Gasteiger partial charge in [0.2, 0.25) is 0 Å². The van der Waals surface area contributed by atoms with Gasteiger partial charge in [0, 0.05) is 32.3 Å².